The molecule has 1 aliphatic heterocycles. The highest BCUT2D eigenvalue weighted by Gasteiger charge is 2.34. The molecule has 1 aromatic rings. The Labute approximate surface area is 178 Å². The predicted octanol–water partition coefficient (Wildman–Crippen LogP) is 5.67. The number of para-hydroxylation sites is 1. The fraction of sp³-hybridized carbons (Fsp3) is 0.708. The molecule has 2 fully saturated rings. The quantitative estimate of drug-likeness (QED) is 0.582. The fourth-order valence-electron chi connectivity index (χ4n) is 5.13. The lowest BCUT2D eigenvalue weighted by Crippen LogP contribution is -2.48. The molecular formula is C24H39ClN2O. The number of hydrogen-bond donors (Lipinski definition) is 0. The Morgan fingerprint density at radius 1 is 1.00 bits per heavy atom. The van der Waals surface area contributed by atoms with Gasteiger partial charge in [-0.1, -0.05) is 51.8 Å². The molecule has 1 saturated carbocycles. The number of anilines is 1. The molecule has 158 valence electrons. The van der Waals surface area contributed by atoms with Crippen LogP contribution in [-0.2, 0) is 4.79 Å². The Hall–Kier alpha value is -1.06. The van der Waals surface area contributed by atoms with Crippen LogP contribution < -0.4 is 4.90 Å². The van der Waals surface area contributed by atoms with E-state index in [1.165, 1.54) is 44.2 Å². The summed E-state index contributed by atoms with van der Waals surface area (Å²) in [5.74, 6) is 1.08. The second-order valence-corrected chi connectivity index (χ2v) is 8.70. The van der Waals surface area contributed by atoms with Crippen LogP contribution in [0.4, 0.5) is 5.69 Å². The summed E-state index contributed by atoms with van der Waals surface area (Å²) in [5.41, 5.74) is 3.61. The van der Waals surface area contributed by atoms with Gasteiger partial charge in [-0.3, -0.25) is 9.69 Å². The molecule has 0 N–H and O–H groups in total. The van der Waals surface area contributed by atoms with Crippen LogP contribution in [0.2, 0.25) is 0 Å². The predicted molar refractivity (Wildman–Crippen MR) is 122 cm³/mol. The summed E-state index contributed by atoms with van der Waals surface area (Å²) >= 11 is 0. The van der Waals surface area contributed by atoms with Gasteiger partial charge < -0.3 is 4.90 Å². The summed E-state index contributed by atoms with van der Waals surface area (Å²) < 4.78 is 0. The zero-order chi connectivity index (χ0) is 19.3. The SMILES string of the molecule is CCC(=O)CN1CCN(c2ccccc2C2CCC(CC)(CC)CC2)CC1.Cl. The lowest BCUT2D eigenvalue weighted by Gasteiger charge is -2.41. The first-order valence-electron chi connectivity index (χ1n) is 11.2. The van der Waals surface area contributed by atoms with Crippen LogP contribution in [0, 0.1) is 5.41 Å². The summed E-state index contributed by atoms with van der Waals surface area (Å²) in [6, 6.07) is 9.11. The van der Waals surface area contributed by atoms with Gasteiger partial charge in [0.15, 0.2) is 0 Å². The lowest BCUT2D eigenvalue weighted by atomic mass is 9.66. The normalized spacial score (nSPS) is 20.6. The molecule has 1 aliphatic carbocycles. The van der Waals surface area contributed by atoms with Crippen LogP contribution >= 0.6 is 12.4 Å². The summed E-state index contributed by atoms with van der Waals surface area (Å²) in [7, 11) is 0. The summed E-state index contributed by atoms with van der Waals surface area (Å²) in [6.07, 6.45) is 8.75. The van der Waals surface area contributed by atoms with Crippen molar-refractivity contribution in [3.63, 3.8) is 0 Å². The molecule has 0 bridgehead atoms. The van der Waals surface area contributed by atoms with Gasteiger partial charge in [0.1, 0.15) is 5.78 Å². The number of ketones is 1. The average Bonchev–Trinajstić information content (AvgIpc) is 2.74. The number of piperazine rings is 1. The van der Waals surface area contributed by atoms with E-state index in [0.29, 0.717) is 30.1 Å². The van der Waals surface area contributed by atoms with Crippen LogP contribution in [0.3, 0.4) is 0 Å². The zero-order valence-electron chi connectivity index (χ0n) is 18.1. The van der Waals surface area contributed by atoms with Crippen molar-refractivity contribution in [1.29, 1.82) is 0 Å². The molecule has 0 atom stereocenters. The van der Waals surface area contributed by atoms with E-state index < -0.39 is 0 Å². The highest BCUT2D eigenvalue weighted by molar-refractivity contribution is 5.85. The molecular weight excluding hydrogens is 368 g/mol. The fourth-order valence-corrected chi connectivity index (χ4v) is 5.13. The van der Waals surface area contributed by atoms with Crippen molar-refractivity contribution in [2.45, 2.75) is 71.6 Å². The minimum atomic E-state index is 0. The number of carbonyl (C=O) groups is 1. The van der Waals surface area contributed by atoms with Crippen LogP contribution in [0.1, 0.15) is 77.2 Å². The van der Waals surface area contributed by atoms with E-state index in [9.17, 15) is 4.79 Å². The molecule has 4 heteroatoms. The molecule has 1 saturated heterocycles. The van der Waals surface area contributed by atoms with Gasteiger partial charge in [0.25, 0.3) is 0 Å². The monoisotopic (exact) mass is 406 g/mol. The Bertz CT molecular complexity index is 611. The zero-order valence-corrected chi connectivity index (χ0v) is 18.9. The summed E-state index contributed by atoms with van der Waals surface area (Å²) in [4.78, 5) is 16.6. The Kier molecular flexibility index (Phi) is 8.82. The molecule has 0 radical (unpaired) electrons. The van der Waals surface area contributed by atoms with E-state index in [4.69, 9.17) is 0 Å². The number of benzene rings is 1. The molecule has 2 aliphatic rings. The van der Waals surface area contributed by atoms with Crippen molar-refractivity contribution in [2.24, 2.45) is 5.41 Å². The second-order valence-electron chi connectivity index (χ2n) is 8.70. The molecule has 3 nitrogen and oxygen atoms in total. The van der Waals surface area contributed by atoms with E-state index in [-0.39, 0.29) is 12.4 Å². The first kappa shape index (κ1) is 23.2. The molecule has 1 heterocycles. The highest BCUT2D eigenvalue weighted by atomic mass is 35.5. The molecule has 0 aromatic heterocycles. The number of nitrogens with zero attached hydrogens (tertiary/aromatic N) is 2. The largest absolute Gasteiger partial charge is 0.369 e. The Morgan fingerprint density at radius 3 is 2.18 bits per heavy atom. The standard InChI is InChI=1S/C24H38N2O.ClH/c1-4-21(27)19-25-15-17-26(18-16-25)23-10-8-7-9-22(23)20-11-13-24(5-2,6-3)14-12-20;/h7-10,20H,4-6,11-19H2,1-3H3;1H. The third-order valence-electron chi connectivity index (χ3n) is 7.43. The van der Waals surface area contributed by atoms with E-state index >= 15 is 0 Å². The third kappa shape index (κ3) is 5.30. The molecule has 28 heavy (non-hydrogen) atoms. The number of carbonyl (C=O) groups excluding carboxylic acids is 1. The van der Waals surface area contributed by atoms with Crippen molar-refractivity contribution in [2.75, 3.05) is 37.6 Å². The van der Waals surface area contributed by atoms with Crippen molar-refractivity contribution in [3.8, 4) is 0 Å². The maximum atomic E-state index is 11.7. The molecule has 1 aromatic carbocycles. The number of rotatable bonds is 7. The first-order valence-corrected chi connectivity index (χ1v) is 11.2. The third-order valence-corrected chi connectivity index (χ3v) is 7.43. The highest BCUT2D eigenvalue weighted by Crippen LogP contribution is 2.48. The molecule has 0 spiro atoms. The number of Topliss-reactive ketones (excluding diaryl/α,β-unsaturated/α-hetero) is 1. The lowest BCUT2D eigenvalue weighted by molar-refractivity contribution is -0.119. The van der Waals surface area contributed by atoms with Crippen molar-refractivity contribution in [3.05, 3.63) is 29.8 Å². The van der Waals surface area contributed by atoms with Crippen molar-refractivity contribution < 1.29 is 4.79 Å². The second kappa shape index (κ2) is 10.6. The van der Waals surface area contributed by atoms with E-state index in [1.807, 2.05) is 6.92 Å². The molecule has 0 amide bonds. The van der Waals surface area contributed by atoms with Crippen LogP contribution in [0.15, 0.2) is 24.3 Å². The van der Waals surface area contributed by atoms with Crippen LogP contribution in [0.25, 0.3) is 0 Å². The number of halogens is 1. The summed E-state index contributed by atoms with van der Waals surface area (Å²) in [5, 5.41) is 0. The minimum absolute atomic E-state index is 0. The first-order chi connectivity index (χ1) is 13.1. The van der Waals surface area contributed by atoms with Gasteiger partial charge in [-0.25, -0.2) is 0 Å². The maximum absolute atomic E-state index is 11.7. The van der Waals surface area contributed by atoms with Crippen LogP contribution in [0.5, 0.6) is 0 Å². The number of hydrogen-bond acceptors (Lipinski definition) is 3. The van der Waals surface area contributed by atoms with Gasteiger partial charge in [-0.2, -0.15) is 0 Å². The van der Waals surface area contributed by atoms with E-state index in [1.54, 1.807) is 5.56 Å². The van der Waals surface area contributed by atoms with Gasteiger partial charge >= 0.3 is 0 Å². The van der Waals surface area contributed by atoms with E-state index in [0.717, 1.165) is 26.2 Å². The minimum Gasteiger partial charge on any atom is -0.369 e. The van der Waals surface area contributed by atoms with Gasteiger partial charge in [-0.15, -0.1) is 12.4 Å². The average molecular weight is 407 g/mol. The Morgan fingerprint density at radius 2 is 1.61 bits per heavy atom. The topological polar surface area (TPSA) is 23.6 Å². The molecule has 0 unspecified atom stereocenters. The van der Waals surface area contributed by atoms with E-state index in [2.05, 4.69) is 47.9 Å². The van der Waals surface area contributed by atoms with Gasteiger partial charge in [0.2, 0.25) is 0 Å². The van der Waals surface area contributed by atoms with Crippen molar-refractivity contribution in [1.82, 2.24) is 4.90 Å². The Balaban J connectivity index is 0.00000280. The summed E-state index contributed by atoms with van der Waals surface area (Å²) in [6.45, 7) is 11.4. The van der Waals surface area contributed by atoms with Crippen molar-refractivity contribution >= 4 is 23.9 Å². The van der Waals surface area contributed by atoms with Gasteiger partial charge in [0.05, 0.1) is 6.54 Å². The molecule has 3 rings (SSSR count). The van der Waals surface area contributed by atoms with Gasteiger partial charge in [0, 0.05) is 38.3 Å². The van der Waals surface area contributed by atoms with Crippen LogP contribution in [-0.4, -0.2) is 43.4 Å². The van der Waals surface area contributed by atoms with Gasteiger partial charge in [-0.05, 0) is 48.6 Å². The maximum Gasteiger partial charge on any atom is 0.146 e. The smallest absolute Gasteiger partial charge is 0.146 e.